The molecule has 0 saturated carbocycles. The van der Waals surface area contributed by atoms with E-state index in [-0.39, 0.29) is 24.1 Å². The van der Waals surface area contributed by atoms with E-state index in [1.54, 1.807) is 29.2 Å². The Hall–Kier alpha value is -2.90. The Morgan fingerprint density at radius 2 is 1.72 bits per heavy atom. The predicted octanol–water partition coefficient (Wildman–Crippen LogP) is 3.15. The Balaban J connectivity index is 1.70. The zero-order chi connectivity index (χ0) is 23.3. The lowest BCUT2D eigenvalue weighted by molar-refractivity contribution is -0.148. The maximum atomic E-state index is 13.0. The summed E-state index contributed by atoms with van der Waals surface area (Å²) in [4.78, 5) is 41.0. The van der Waals surface area contributed by atoms with Crippen LogP contribution in [0.2, 0.25) is 5.02 Å². The molecule has 8 heteroatoms. The number of Topliss-reactive ketones (excluding diaryl/α,β-unsaturated/α-hetero) is 1. The number of halogens is 1. The Bertz CT molecular complexity index is 1000. The van der Waals surface area contributed by atoms with Gasteiger partial charge in [-0.05, 0) is 36.8 Å². The first-order valence-electron chi connectivity index (χ1n) is 10.4. The summed E-state index contributed by atoms with van der Waals surface area (Å²) in [6.45, 7) is 3.42. The summed E-state index contributed by atoms with van der Waals surface area (Å²) in [5.74, 6) is 0.0644. The van der Waals surface area contributed by atoms with Crippen LogP contribution < -0.4 is 4.74 Å². The molecule has 1 heterocycles. The number of piperazine rings is 1. The number of carbonyl (C=O) groups is 3. The van der Waals surface area contributed by atoms with Crippen LogP contribution in [-0.4, -0.2) is 67.9 Å². The first-order valence-corrected chi connectivity index (χ1v) is 10.8. The van der Waals surface area contributed by atoms with Gasteiger partial charge in [0.1, 0.15) is 11.8 Å². The van der Waals surface area contributed by atoms with Crippen LogP contribution in [0, 0.1) is 0 Å². The fourth-order valence-electron chi connectivity index (χ4n) is 3.92. The van der Waals surface area contributed by atoms with Gasteiger partial charge in [-0.3, -0.25) is 14.5 Å². The van der Waals surface area contributed by atoms with Crippen molar-refractivity contribution in [1.82, 2.24) is 9.80 Å². The average Bonchev–Trinajstić information content (AvgIpc) is 2.80. The molecule has 0 aromatic heterocycles. The molecule has 1 amide bonds. The van der Waals surface area contributed by atoms with E-state index in [4.69, 9.17) is 21.1 Å². The number of carbonyl (C=O) groups excluding carboxylic acids is 3. The lowest BCUT2D eigenvalue weighted by Crippen LogP contribution is -2.51. The standard InChI is InChI=1S/C24H27ClN2O5/c1-16(28)17-8-9-21(31-2)18(14-17)15-22(29)26-10-12-27(13-11-26)23(24(30)32-3)19-6-4-5-7-20(19)25/h4-9,14,23H,10-13,15H2,1-3H3/t23-/m1/s1. The molecule has 0 N–H and O–H groups in total. The van der Waals surface area contributed by atoms with Crippen molar-refractivity contribution in [3.8, 4) is 5.75 Å². The minimum Gasteiger partial charge on any atom is -0.496 e. The average molecular weight is 459 g/mol. The van der Waals surface area contributed by atoms with Gasteiger partial charge in [0, 0.05) is 42.3 Å². The van der Waals surface area contributed by atoms with Gasteiger partial charge < -0.3 is 14.4 Å². The number of ketones is 1. The molecule has 1 aliphatic rings. The van der Waals surface area contributed by atoms with Gasteiger partial charge >= 0.3 is 5.97 Å². The number of hydrogen-bond acceptors (Lipinski definition) is 6. The fourth-order valence-corrected chi connectivity index (χ4v) is 4.16. The molecule has 2 aromatic rings. The minimum absolute atomic E-state index is 0.0592. The number of amides is 1. The zero-order valence-corrected chi connectivity index (χ0v) is 19.2. The number of rotatable bonds is 7. The summed E-state index contributed by atoms with van der Waals surface area (Å²) in [5, 5.41) is 0.499. The first-order chi connectivity index (χ1) is 15.3. The Kier molecular flexibility index (Phi) is 7.88. The smallest absolute Gasteiger partial charge is 0.327 e. The molecule has 1 saturated heterocycles. The van der Waals surface area contributed by atoms with Gasteiger partial charge in [-0.1, -0.05) is 29.8 Å². The van der Waals surface area contributed by atoms with Crippen molar-refractivity contribution in [2.75, 3.05) is 40.4 Å². The van der Waals surface area contributed by atoms with E-state index in [0.717, 1.165) is 0 Å². The second-order valence-corrected chi connectivity index (χ2v) is 8.03. The van der Waals surface area contributed by atoms with Crippen molar-refractivity contribution in [3.63, 3.8) is 0 Å². The van der Waals surface area contributed by atoms with Gasteiger partial charge in [0.25, 0.3) is 0 Å². The van der Waals surface area contributed by atoms with Crippen molar-refractivity contribution < 1.29 is 23.9 Å². The number of methoxy groups -OCH3 is 2. The highest BCUT2D eigenvalue weighted by Gasteiger charge is 2.33. The molecular weight excluding hydrogens is 432 g/mol. The topological polar surface area (TPSA) is 76.2 Å². The van der Waals surface area contributed by atoms with Gasteiger partial charge in [0.15, 0.2) is 5.78 Å². The van der Waals surface area contributed by atoms with E-state index < -0.39 is 6.04 Å². The number of esters is 1. The maximum absolute atomic E-state index is 13.0. The van der Waals surface area contributed by atoms with Gasteiger partial charge in [0.2, 0.25) is 5.91 Å². The first kappa shape index (κ1) is 23.8. The molecular formula is C24H27ClN2O5. The second kappa shape index (κ2) is 10.6. The maximum Gasteiger partial charge on any atom is 0.327 e. The van der Waals surface area contributed by atoms with Gasteiger partial charge in [0.05, 0.1) is 20.6 Å². The summed E-state index contributed by atoms with van der Waals surface area (Å²) in [7, 11) is 2.89. The van der Waals surface area contributed by atoms with Gasteiger partial charge in [-0.15, -0.1) is 0 Å². The number of nitrogens with zero attached hydrogens (tertiary/aromatic N) is 2. The van der Waals surface area contributed by atoms with Crippen LogP contribution in [0.15, 0.2) is 42.5 Å². The lowest BCUT2D eigenvalue weighted by Gasteiger charge is -2.38. The van der Waals surface area contributed by atoms with E-state index >= 15 is 0 Å². The van der Waals surface area contributed by atoms with Crippen molar-refractivity contribution in [2.24, 2.45) is 0 Å². The number of hydrogen-bond donors (Lipinski definition) is 0. The Morgan fingerprint density at radius 3 is 2.31 bits per heavy atom. The van der Waals surface area contributed by atoms with E-state index in [2.05, 4.69) is 0 Å². The molecule has 1 aliphatic heterocycles. The third-order valence-electron chi connectivity index (χ3n) is 5.68. The molecule has 0 unspecified atom stereocenters. The summed E-state index contributed by atoms with van der Waals surface area (Å²) in [5.41, 5.74) is 1.90. The van der Waals surface area contributed by atoms with Crippen LogP contribution in [0.5, 0.6) is 5.75 Å². The van der Waals surface area contributed by atoms with Crippen LogP contribution in [0.1, 0.15) is 34.5 Å². The third kappa shape index (κ3) is 5.29. The number of ether oxygens (including phenoxy) is 2. The normalized spacial score (nSPS) is 15.2. The quantitative estimate of drug-likeness (QED) is 0.468. The largest absolute Gasteiger partial charge is 0.496 e. The van der Waals surface area contributed by atoms with Crippen LogP contribution >= 0.6 is 11.6 Å². The molecule has 0 bridgehead atoms. The fraction of sp³-hybridized carbons (Fsp3) is 0.375. The highest BCUT2D eigenvalue weighted by molar-refractivity contribution is 6.31. The van der Waals surface area contributed by atoms with Crippen LogP contribution in [-0.2, 0) is 20.7 Å². The van der Waals surface area contributed by atoms with Crippen molar-refractivity contribution in [1.29, 1.82) is 0 Å². The molecule has 0 radical (unpaired) electrons. The highest BCUT2D eigenvalue weighted by Crippen LogP contribution is 2.30. The molecule has 32 heavy (non-hydrogen) atoms. The number of benzene rings is 2. The summed E-state index contributed by atoms with van der Waals surface area (Å²) in [6, 6.07) is 11.7. The molecule has 170 valence electrons. The highest BCUT2D eigenvalue weighted by atomic mass is 35.5. The summed E-state index contributed by atoms with van der Waals surface area (Å²) < 4.78 is 10.4. The molecule has 0 aliphatic carbocycles. The van der Waals surface area contributed by atoms with Gasteiger partial charge in [-0.25, -0.2) is 4.79 Å². The van der Waals surface area contributed by atoms with Crippen LogP contribution in [0.3, 0.4) is 0 Å². The third-order valence-corrected chi connectivity index (χ3v) is 6.03. The second-order valence-electron chi connectivity index (χ2n) is 7.62. The van der Waals surface area contributed by atoms with E-state index in [0.29, 0.717) is 53.6 Å². The Labute approximate surface area is 192 Å². The molecule has 7 nitrogen and oxygen atoms in total. The molecule has 1 atom stereocenters. The summed E-state index contributed by atoms with van der Waals surface area (Å²) in [6.07, 6.45) is 0.134. The van der Waals surface area contributed by atoms with Crippen molar-refractivity contribution in [3.05, 3.63) is 64.2 Å². The zero-order valence-electron chi connectivity index (χ0n) is 18.5. The van der Waals surface area contributed by atoms with Crippen molar-refractivity contribution in [2.45, 2.75) is 19.4 Å². The molecule has 1 fully saturated rings. The summed E-state index contributed by atoms with van der Waals surface area (Å²) >= 11 is 6.34. The predicted molar refractivity (Wildman–Crippen MR) is 121 cm³/mol. The van der Waals surface area contributed by atoms with Crippen molar-refractivity contribution >= 4 is 29.3 Å². The minimum atomic E-state index is -0.627. The van der Waals surface area contributed by atoms with E-state index in [9.17, 15) is 14.4 Å². The molecule has 3 rings (SSSR count). The van der Waals surface area contributed by atoms with Crippen LogP contribution in [0.4, 0.5) is 0 Å². The lowest BCUT2D eigenvalue weighted by atomic mass is 10.0. The molecule has 2 aromatic carbocycles. The molecule has 0 spiro atoms. The Morgan fingerprint density at radius 1 is 1.03 bits per heavy atom. The van der Waals surface area contributed by atoms with E-state index in [1.807, 2.05) is 23.1 Å². The SMILES string of the molecule is COC(=O)[C@@H](c1ccccc1Cl)N1CCN(C(=O)Cc2cc(C(C)=O)ccc2OC)CC1. The monoisotopic (exact) mass is 458 g/mol. The van der Waals surface area contributed by atoms with Crippen LogP contribution in [0.25, 0.3) is 0 Å². The van der Waals surface area contributed by atoms with E-state index in [1.165, 1.54) is 21.1 Å². The van der Waals surface area contributed by atoms with Gasteiger partial charge in [-0.2, -0.15) is 0 Å².